The molecule has 1 atom stereocenters. The first kappa shape index (κ1) is 16.9. The Balaban J connectivity index is 2.02. The Morgan fingerprint density at radius 2 is 1.65 bits per heavy atom. The van der Waals surface area contributed by atoms with Crippen LogP contribution >= 0.6 is 0 Å². The molecule has 0 aliphatic carbocycles. The zero-order chi connectivity index (χ0) is 16.8. The van der Waals surface area contributed by atoms with Crippen molar-refractivity contribution < 1.29 is 14.3 Å². The van der Waals surface area contributed by atoms with E-state index in [0.29, 0.717) is 11.6 Å². The maximum atomic E-state index is 12.3. The summed E-state index contributed by atoms with van der Waals surface area (Å²) in [6.07, 6.45) is -0.586. The molecular weight excluding hydrogens is 290 g/mol. The van der Waals surface area contributed by atoms with E-state index in [4.69, 9.17) is 9.47 Å². The Hall–Kier alpha value is -2.49. The van der Waals surface area contributed by atoms with Gasteiger partial charge in [0.2, 0.25) is 0 Å². The molecule has 2 aromatic rings. The maximum absolute atomic E-state index is 12.3. The molecule has 0 saturated carbocycles. The summed E-state index contributed by atoms with van der Waals surface area (Å²) in [5, 5.41) is 2.84. The van der Waals surface area contributed by atoms with E-state index < -0.39 is 6.10 Å². The Kier molecular flexibility index (Phi) is 5.63. The molecule has 1 amide bonds. The molecule has 0 spiro atoms. The lowest BCUT2D eigenvalue weighted by Gasteiger charge is -2.18. The fourth-order valence-corrected chi connectivity index (χ4v) is 2.23. The third-order valence-electron chi connectivity index (χ3n) is 3.57. The van der Waals surface area contributed by atoms with Gasteiger partial charge in [-0.1, -0.05) is 32.0 Å². The van der Waals surface area contributed by atoms with Gasteiger partial charge in [0.25, 0.3) is 5.91 Å². The van der Waals surface area contributed by atoms with Gasteiger partial charge < -0.3 is 14.8 Å². The van der Waals surface area contributed by atoms with Crippen molar-refractivity contribution in [2.24, 2.45) is 0 Å². The highest BCUT2D eigenvalue weighted by Crippen LogP contribution is 2.27. The number of hydrogen-bond donors (Lipinski definition) is 1. The van der Waals surface area contributed by atoms with E-state index in [1.165, 1.54) is 0 Å². The lowest BCUT2D eigenvalue weighted by Crippen LogP contribution is -2.30. The van der Waals surface area contributed by atoms with Crippen molar-refractivity contribution in [2.75, 3.05) is 12.4 Å². The lowest BCUT2D eigenvalue weighted by atomic mass is 10.0. The number of nitrogens with one attached hydrogen (secondary N) is 1. The summed E-state index contributed by atoms with van der Waals surface area (Å²) in [7, 11) is 1.61. The normalized spacial score (nSPS) is 11.9. The maximum Gasteiger partial charge on any atom is 0.265 e. The number of para-hydroxylation sites is 1. The van der Waals surface area contributed by atoms with Crippen LogP contribution < -0.4 is 14.8 Å². The molecule has 23 heavy (non-hydrogen) atoms. The predicted molar refractivity (Wildman–Crippen MR) is 92.2 cm³/mol. The molecule has 0 unspecified atom stereocenters. The molecule has 4 heteroatoms. The van der Waals surface area contributed by atoms with E-state index in [9.17, 15) is 4.79 Å². The van der Waals surface area contributed by atoms with Crippen molar-refractivity contribution in [2.45, 2.75) is 32.8 Å². The average molecular weight is 313 g/mol. The Morgan fingerprint density at radius 3 is 2.26 bits per heavy atom. The summed E-state index contributed by atoms with van der Waals surface area (Å²) in [5.41, 5.74) is 1.81. The molecule has 0 aliphatic heterocycles. The minimum absolute atomic E-state index is 0.186. The third-order valence-corrected chi connectivity index (χ3v) is 3.57. The number of rotatable bonds is 6. The van der Waals surface area contributed by atoms with Gasteiger partial charge in [0, 0.05) is 5.69 Å². The standard InChI is InChI=1S/C19H23NO3/c1-13(2)17-7-5-6-8-18(17)23-14(3)19(21)20-15-9-11-16(22-4)12-10-15/h5-14H,1-4H3,(H,20,21)/t14-/m1/s1. The van der Waals surface area contributed by atoms with Gasteiger partial charge in [0.05, 0.1) is 7.11 Å². The molecule has 0 radical (unpaired) electrons. The van der Waals surface area contributed by atoms with Gasteiger partial charge in [-0.05, 0) is 48.7 Å². The summed E-state index contributed by atoms with van der Waals surface area (Å²) in [4.78, 5) is 12.3. The van der Waals surface area contributed by atoms with Crippen LogP contribution in [0.3, 0.4) is 0 Å². The molecule has 1 N–H and O–H groups in total. The number of hydrogen-bond acceptors (Lipinski definition) is 3. The van der Waals surface area contributed by atoms with Crippen LogP contribution in [0.5, 0.6) is 11.5 Å². The molecule has 0 aromatic heterocycles. The number of carbonyl (C=O) groups is 1. The molecule has 0 aliphatic rings. The topological polar surface area (TPSA) is 47.6 Å². The summed E-state index contributed by atoms with van der Waals surface area (Å²) < 4.78 is 10.9. The first-order valence-corrected chi connectivity index (χ1v) is 7.71. The van der Waals surface area contributed by atoms with Gasteiger partial charge >= 0.3 is 0 Å². The smallest absolute Gasteiger partial charge is 0.265 e. The Morgan fingerprint density at radius 1 is 1.00 bits per heavy atom. The minimum atomic E-state index is -0.586. The Bertz CT molecular complexity index is 650. The highest BCUT2D eigenvalue weighted by molar-refractivity contribution is 5.94. The molecule has 0 bridgehead atoms. The molecule has 0 heterocycles. The van der Waals surface area contributed by atoms with E-state index in [1.54, 1.807) is 38.3 Å². The van der Waals surface area contributed by atoms with Gasteiger partial charge in [-0.15, -0.1) is 0 Å². The van der Waals surface area contributed by atoms with Crippen molar-refractivity contribution in [3.05, 3.63) is 54.1 Å². The summed E-state index contributed by atoms with van der Waals surface area (Å²) in [6.45, 7) is 5.95. The highest BCUT2D eigenvalue weighted by Gasteiger charge is 2.17. The second-order valence-electron chi connectivity index (χ2n) is 5.67. The van der Waals surface area contributed by atoms with Crippen LogP contribution in [-0.2, 0) is 4.79 Å². The van der Waals surface area contributed by atoms with Gasteiger partial charge in [-0.3, -0.25) is 4.79 Å². The van der Waals surface area contributed by atoms with Crippen LogP contribution in [0, 0.1) is 0 Å². The summed E-state index contributed by atoms with van der Waals surface area (Å²) >= 11 is 0. The predicted octanol–water partition coefficient (Wildman–Crippen LogP) is 4.22. The monoisotopic (exact) mass is 313 g/mol. The summed E-state index contributed by atoms with van der Waals surface area (Å²) in [6, 6.07) is 15.0. The van der Waals surface area contributed by atoms with Crippen molar-refractivity contribution in [3.63, 3.8) is 0 Å². The van der Waals surface area contributed by atoms with E-state index in [2.05, 4.69) is 19.2 Å². The zero-order valence-electron chi connectivity index (χ0n) is 14.0. The van der Waals surface area contributed by atoms with E-state index >= 15 is 0 Å². The number of benzene rings is 2. The molecular formula is C19H23NO3. The van der Waals surface area contributed by atoms with Crippen LogP contribution in [0.1, 0.15) is 32.3 Å². The summed E-state index contributed by atoms with van der Waals surface area (Å²) in [5.74, 6) is 1.65. The minimum Gasteiger partial charge on any atom is -0.497 e. The SMILES string of the molecule is COc1ccc(NC(=O)[C@@H](C)Oc2ccccc2C(C)C)cc1. The second kappa shape index (κ2) is 7.68. The van der Waals surface area contributed by atoms with Crippen molar-refractivity contribution >= 4 is 11.6 Å². The number of methoxy groups -OCH3 is 1. The fourth-order valence-electron chi connectivity index (χ4n) is 2.23. The zero-order valence-corrected chi connectivity index (χ0v) is 14.0. The molecule has 2 rings (SSSR count). The van der Waals surface area contributed by atoms with Gasteiger partial charge in [0.1, 0.15) is 11.5 Å². The Labute approximate surface area is 137 Å². The molecule has 0 fully saturated rings. The van der Waals surface area contributed by atoms with Crippen LogP contribution in [0.2, 0.25) is 0 Å². The quantitative estimate of drug-likeness (QED) is 0.868. The second-order valence-corrected chi connectivity index (χ2v) is 5.67. The average Bonchev–Trinajstić information content (AvgIpc) is 2.55. The molecule has 122 valence electrons. The van der Waals surface area contributed by atoms with Crippen LogP contribution in [-0.4, -0.2) is 19.1 Å². The number of anilines is 1. The van der Waals surface area contributed by atoms with Crippen molar-refractivity contribution in [1.82, 2.24) is 0 Å². The lowest BCUT2D eigenvalue weighted by molar-refractivity contribution is -0.122. The molecule has 4 nitrogen and oxygen atoms in total. The largest absolute Gasteiger partial charge is 0.497 e. The first-order chi connectivity index (χ1) is 11.0. The van der Waals surface area contributed by atoms with E-state index in [-0.39, 0.29) is 5.91 Å². The molecule has 0 saturated heterocycles. The number of amides is 1. The van der Waals surface area contributed by atoms with Crippen molar-refractivity contribution in [1.29, 1.82) is 0 Å². The van der Waals surface area contributed by atoms with Crippen LogP contribution in [0.15, 0.2) is 48.5 Å². The third kappa shape index (κ3) is 4.49. The first-order valence-electron chi connectivity index (χ1n) is 7.71. The fraction of sp³-hybridized carbons (Fsp3) is 0.316. The van der Waals surface area contributed by atoms with E-state index in [0.717, 1.165) is 17.1 Å². The van der Waals surface area contributed by atoms with Crippen molar-refractivity contribution in [3.8, 4) is 11.5 Å². The number of carbonyl (C=O) groups excluding carboxylic acids is 1. The highest BCUT2D eigenvalue weighted by atomic mass is 16.5. The van der Waals surface area contributed by atoms with E-state index in [1.807, 2.05) is 24.3 Å². The van der Waals surface area contributed by atoms with Gasteiger partial charge in [-0.2, -0.15) is 0 Å². The van der Waals surface area contributed by atoms with Crippen LogP contribution in [0.4, 0.5) is 5.69 Å². The van der Waals surface area contributed by atoms with Crippen LogP contribution in [0.25, 0.3) is 0 Å². The number of ether oxygens (including phenoxy) is 2. The van der Waals surface area contributed by atoms with Gasteiger partial charge in [0.15, 0.2) is 6.10 Å². The molecule has 2 aromatic carbocycles. The van der Waals surface area contributed by atoms with Gasteiger partial charge in [-0.25, -0.2) is 0 Å².